The Bertz CT molecular complexity index is 512. The average molecular weight is 321 g/mol. The van der Waals surface area contributed by atoms with Gasteiger partial charge in [-0.1, -0.05) is 13.8 Å². The number of nitrogens with one attached hydrogen (secondary N) is 2. The SMILES string of the molecule is CCN(CC)C(C)CNC(=O)C(=O)Nc1ccc(N(C)C)nc1. The van der Waals surface area contributed by atoms with Gasteiger partial charge in [0.25, 0.3) is 0 Å². The Balaban J connectivity index is 2.49. The first kappa shape index (κ1) is 18.9. The van der Waals surface area contributed by atoms with Gasteiger partial charge in [0.1, 0.15) is 5.82 Å². The Labute approximate surface area is 138 Å². The quantitative estimate of drug-likeness (QED) is 0.731. The van der Waals surface area contributed by atoms with Crippen LogP contribution in [0.25, 0.3) is 0 Å². The highest BCUT2D eigenvalue weighted by Crippen LogP contribution is 2.11. The zero-order valence-corrected chi connectivity index (χ0v) is 14.6. The summed E-state index contributed by atoms with van der Waals surface area (Å²) in [5.74, 6) is -0.544. The lowest BCUT2D eigenvalue weighted by molar-refractivity contribution is -0.136. The number of nitrogens with zero attached hydrogens (tertiary/aromatic N) is 3. The topological polar surface area (TPSA) is 77.6 Å². The summed E-state index contributed by atoms with van der Waals surface area (Å²) in [6, 6.07) is 3.67. The fourth-order valence-corrected chi connectivity index (χ4v) is 2.21. The van der Waals surface area contributed by atoms with Gasteiger partial charge < -0.3 is 15.5 Å². The van der Waals surface area contributed by atoms with Crippen LogP contribution in [0.15, 0.2) is 18.3 Å². The molecule has 1 heterocycles. The molecule has 1 rings (SSSR count). The summed E-state index contributed by atoms with van der Waals surface area (Å²) >= 11 is 0. The van der Waals surface area contributed by atoms with Gasteiger partial charge >= 0.3 is 11.8 Å². The van der Waals surface area contributed by atoms with Crippen LogP contribution in [0.1, 0.15) is 20.8 Å². The highest BCUT2D eigenvalue weighted by atomic mass is 16.2. The summed E-state index contributed by atoms with van der Waals surface area (Å²) in [7, 11) is 3.76. The molecule has 0 saturated heterocycles. The van der Waals surface area contributed by atoms with Crippen molar-refractivity contribution in [2.45, 2.75) is 26.8 Å². The highest BCUT2D eigenvalue weighted by Gasteiger charge is 2.16. The van der Waals surface area contributed by atoms with E-state index in [9.17, 15) is 9.59 Å². The van der Waals surface area contributed by atoms with Crippen LogP contribution >= 0.6 is 0 Å². The van der Waals surface area contributed by atoms with Crippen molar-refractivity contribution in [3.8, 4) is 0 Å². The first-order valence-electron chi connectivity index (χ1n) is 7.85. The molecule has 1 aromatic heterocycles. The summed E-state index contributed by atoms with van der Waals surface area (Å²) in [5, 5.41) is 5.20. The molecule has 0 spiro atoms. The average Bonchev–Trinajstić information content (AvgIpc) is 2.54. The largest absolute Gasteiger partial charge is 0.363 e. The molecule has 128 valence electrons. The van der Waals surface area contributed by atoms with Crippen LogP contribution in [-0.4, -0.2) is 61.5 Å². The molecule has 0 bridgehead atoms. The number of amides is 2. The van der Waals surface area contributed by atoms with Crippen molar-refractivity contribution in [3.63, 3.8) is 0 Å². The molecule has 7 nitrogen and oxygen atoms in total. The van der Waals surface area contributed by atoms with Gasteiger partial charge in [0.15, 0.2) is 0 Å². The lowest BCUT2D eigenvalue weighted by atomic mass is 10.2. The molecular formula is C16H27N5O2. The van der Waals surface area contributed by atoms with Gasteiger partial charge in [0.2, 0.25) is 0 Å². The molecule has 1 unspecified atom stereocenters. The fourth-order valence-electron chi connectivity index (χ4n) is 2.21. The Morgan fingerprint density at radius 2 is 1.83 bits per heavy atom. The fraction of sp³-hybridized carbons (Fsp3) is 0.562. The molecule has 1 atom stereocenters. The van der Waals surface area contributed by atoms with Crippen LogP contribution in [0.2, 0.25) is 0 Å². The van der Waals surface area contributed by atoms with Gasteiger partial charge in [-0.2, -0.15) is 0 Å². The van der Waals surface area contributed by atoms with E-state index in [-0.39, 0.29) is 6.04 Å². The monoisotopic (exact) mass is 321 g/mol. The summed E-state index contributed by atoms with van der Waals surface area (Å²) < 4.78 is 0. The smallest absolute Gasteiger partial charge is 0.313 e. The predicted octanol–water partition coefficient (Wildman–Crippen LogP) is 0.933. The normalized spacial score (nSPS) is 11.9. The van der Waals surface area contributed by atoms with E-state index < -0.39 is 11.8 Å². The number of likely N-dealkylation sites (N-methyl/N-ethyl adjacent to an activating group) is 1. The minimum atomic E-state index is -0.684. The van der Waals surface area contributed by atoms with Gasteiger partial charge in [-0.25, -0.2) is 4.98 Å². The van der Waals surface area contributed by atoms with Crippen molar-refractivity contribution in [2.24, 2.45) is 0 Å². The molecule has 0 aliphatic carbocycles. The first-order chi connectivity index (χ1) is 10.9. The maximum absolute atomic E-state index is 11.9. The third-order valence-corrected chi connectivity index (χ3v) is 3.66. The Hall–Kier alpha value is -2.15. The van der Waals surface area contributed by atoms with E-state index >= 15 is 0 Å². The maximum atomic E-state index is 11.9. The van der Waals surface area contributed by atoms with Crippen LogP contribution in [0.5, 0.6) is 0 Å². The molecule has 0 aliphatic heterocycles. The molecule has 1 aromatic rings. The van der Waals surface area contributed by atoms with Crippen LogP contribution in [0, 0.1) is 0 Å². The summed E-state index contributed by atoms with van der Waals surface area (Å²) in [6.45, 7) is 8.41. The molecule has 0 aliphatic rings. The minimum absolute atomic E-state index is 0.183. The molecule has 2 N–H and O–H groups in total. The lowest BCUT2D eigenvalue weighted by Crippen LogP contribution is -2.45. The molecule has 23 heavy (non-hydrogen) atoms. The maximum Gasteiger partial charge on any atom is 0.313 e. The number of carbonyl (C=O) groups excluding carboxylic acids is 2. The predicted molar refractivity (Wildman–Crippen MR) is 92.6 cm³/mol. The standard InChI is InChI=1S/C16H27N5O2/c1-6-21(7-2)12(3)10-18-15(22)16(23)19-13-8-9-14(17-11-13)20(4)5/h8-9,11-12H,6-7,10H2,1-5H3,(H,18,22)(H,19,23). The summed E-state index contributed by atoms with van der Waals surface area (Å²) in [6.07, 6.45) is 1.53. The van der Waals surface area contributed by atoms with E-state index in [1.165, 1.54) is 6.20 Å². The van der Waals surface area contributed by atoms with E-state index in [0.717, 1.165) is 18.9 Å². The number of pyridine rings is 1. The zero-order chi connectivity index (χ0) is 17.4. The second kappa shape index (κ2) is 9.09. The van der Waals surface area contributed by atoms with E-state index in [2.05, 4.69) is 34.4 Å². The van der Waals surface area contributed by atoms with Crippen molar-refractivity contribution in [1.29, 1.82) is 0 Å². The first-order valence-corrected chi connectivity index (χ1v) is 7.85. The van der Waals surface area contributed by atoms with Gasteiger partial charge in [-0.05, 0) is 32.1 Å². The second-order valence-electron chi connectivity index (χ2n) is 5.53. The minimum Gasteiger partial charge on any atom is -0.363 e. The van der Waals surface area contributed by atoms with Gasteiger partial charge in [-0.15, -0.1) is 0 Å². The van der Waals surface area contributed by atoms with Crippen molar-refractivity contribution in [3.05, 3.63) is 18.3 Å². The van der Waals surface area contributed by atoms with Crippen molar-refractivity contribution in [1.82, 2.24) is 15.2 Å². The third-order valence-electron chi connectivity index (χ3n) is 3.66. The second-order valence-corrected chi connectivity index (χ2v) is 5.53. The number of rotatable bonds is 7. The van der Waals surface area contributed by atoms with Crippen molar-refractivity contribution in [2.75, 3.05) is 43.9 Å². The molecule has 0 saturated carbocycles. The van der Waals surface area contributed by atoms with Crippen LogP contribution in [0.4, 0.5) is 11.5 Å². The molecule has 0 radical (unpaired) electrons. The van der Waals surface area contributed by atoms with Crippen LogP contribution in [0.3, 0.4) is 0 Å². The van der Waals surface area contributed by atoms with Gasteiger partial charge in [0, 0.05) is 26.7 Å². The third kappa shape index (κ3) is 5.86. The molecule has 0 aromatic carbocycles. The number of hydrogen-bond donors (Lipinski definition) is 2. The lowest BCUT2D eigenvalue weighted by Gasteiger charge is -2.26. The number of carbonyl (C=O) groups is 2. The van der Waals surface area contributed by atoms with Crippen molar-refractivity contribution >= 4 is 23.3 Å². The van der Waals surface area contributed by atoms with Crippen LogP contribution in [-0.2, 0) is 9.59 Å². The Morgan fingerprint density at radius 1 is 1.17 bits per heavy atom. The number of hydrogen-bond acceptors (Lipinski definition) is 5. The molecule has 0 fully saturated rings. The van der Waals surface area contributed by atoms with E-state index in [4.69, 9.17) is 0 Å². The van der Waals surface area contributed by atoms with Gasteiger partial charge in [0.05, 0.1) is 11.9 Å². The summed E-state index contributed by atoms with van der Waals surface area (Å²) in [5.41, 5.74) is 0.493. The molecule has 7 heteroatoms. The number of anilines is 2. The van der Waals surface area contributed by atoms with E-state index in [1.54, 1.807) is 12.1 Å². The van der Waals surface area contributed by atoms with E-state index in [0.29, 0.717) is 12.2 Å². The Morgan fingerprint density at radius 3 is 2.30 bits per heavy atom. The highest BCUT2D eigenvalue weighted by molar-refractivity contribution is 6.39. The summed E-state index contributed by atoms with van der Waals surface area (Å²) in [4.78, 5) is 32.0. The Kier molecular flexibility index (Phi) is 7.47. The van der Waals surface area contributed by atoms with Crippen LogP contribution < -0.4 is 15.5 Å². The molecule has 2 amide bonds. The molecular weight excluding hydrogens is 294 g/mol. The number of aromatic nitrogens is 1. The van der Waals surface area contributed by atoms with Crippen molar-refractivity contribution < 1.29 is 9.59 Å². The zero-order valence-electron chi connectivity index (χ0n) is 14.6. The van der Waals surface area contributed by atoms with Gasteiger partial charge in [-0.3, -0.25) is 14.5 Å². The van der Waals surface area contributed by atoms with E-state index in [1.807, 2.05) is 25.9 Å².